The molecule has 4 heterocycles. The van der Waals surface area contributed by atoms with Gasteiger partial charge < -0.3 is 20.9 Å². The van der Waals surface area contributed by atoms with Gasteiger partial charge in [-0.05, 0) is 0 Å². The molecule has 16 heteroatoms. The zero-order valence-electron chi connectivity index (χ0n) is 16.0. The van der Waals surface area contributed by atoms with Crippen molar-refractivity contribution in [3.63, 3.8) is 0 Å². The van der Waals surface area contributed by atoms with Gasteiger partial charge in [0.05, 0.1) is 24.5 Å². The number of nitrogens with zero attached hydrogens (tertiary/aromatic N) is 5. The number of aromatic nitrogens is 2. The van der Waals surface area contributed by atoms with Crippen molar-refractivity contribution in [1.82, 2.24) is 35.7 Å². The monoisotopic (exact) mass is 444 g/mol. The van der Waals surface area contributed by atoms with Gasteiger partial charge in [-0.2, -0.15) is 18.6 Å². The van der Waals surface area contributed by atoms with E-state index in [0.717, 1.165) is 0 Å². The van der Waals surface area contributed by atoms with Gasteiger partial charge in [-0.1, -0.05) is 5.16 Å². The minimum Gasteiger partial charge on any atom is -0.372 e. The Balaban J connectivity index is 1.64. The lowest BCUT2D eigenvalue weighted by atomic mass is 9.97. The van der Waals surface area contributed by atoms with Crippen LogP contribution in [0.1, 0.15) is 23.3 Å². The van der Waals surface area contributed by atoms with Crippen LogP contribution in [0.4, 0.5) is 9.59 Å². The summed E-state index contributed by atoms with van der Waals surface area (Å²) in [7, 11) is -1.75. The quantitative estimate of drug-likeness (QED) is 0.133. The maximum absolute atomic E-state index is 12.8. The molecule has 4 N–H and O–H groups in total. The molecule has 2 atom stereocenters. The highest BCUT2D eigenvalue weighted by Gasteiger charge is 2.53. The molecule has 3 amide bonds. The molecule has 0 saturated carbocycles. The number of amides is 3. The van der Waals surface area contributed by atoms with Gasteiger partial charge in [0.2, 0.25) is 0 Å². The number of urea groups is 1. The second kappa shape index (κ2) is 7.38. The number of hydroxylamine groups is 2. The highest BCUT2D eigenvalue weighted by atomic mass is 32.3. The fourth-order valence-corrected chi connectivity index (χ4v) is 3.98. The molecule has 0 spiro atoms. The van der Waals surface area contributed by atoms with E-state index in [9.17, 15) is 18.0 Å². The summed E-state index contributed by atoms with van der Waals surface area (Å²) in [5.74, 6) is 0.113. The SMILES string of the molecule is CN/C(=N\OC(=O)NC1CNC1)[C@@H]1c2c(cnn2C)[C@H]2CN1C(=O)N2OS(=O)(=O)O. The number of rotatable bonds is 5. The normalized spacial score (nSPS) is 23.8. The number of fused-ring (bicyclic) bond motifs is 4. The van der Waals surface area contributed by atoms with E-state index in [4.69, 9.17) is 9.39 Å². The molecular weight excluding hydrogens is 424 g/mol. The molecule has 0 radical (unpaired) electrons. The first kappa shape index (κ1) is 20.3. The van der Waals surface area contributed by atoms with Crippen molar-refractivity contribution >= 4 is 28.4 Å². The second-order valence-electron chi connectivity index (χ2n) is 6.89. The summed E-state index contributed by atoms with van der Waals surface area (Å²) in [5.41, 5.74) is 1.02. The number of nitrogens with one attached hydrogen (secondary N) is 3. The Kier molecular flexibility index (Phi) is 5.00. The summed E-state index contributed by atoms with van der Waals surface area (Å²) in [4.78, 5) is 30.9. The van der Waals surface area contributed by atoms with Gasteiger partial charge in [-0.3, -0.25) is 14.1 Å². The summed E-state index contributed by atoms with van der Waals surface area (Å²) in [6.45, 7) is 1.30. The summed E-state index contributed by atoms with van der Waals surface area (Å²) in [6.07, 6.45) is 0.713. The third-order valence-electron chi connectivity index (χ3n) is 5.05. The van der Waals surface area contributed by atoms with Gasteiger partial charge in [0, 0.05) is 32.7 Å². The van der Waals surface area contributed by atoms with Crippen LogP contribution in [0, 0.1) is 0 Å². The van der Waals surface area contributed by atoms with E-state index in [1.807, 2.05) is 0 Å². The number of amidine groups is 1. The number of aryl methyl sites for hydroxylation is 1. The van der Waals surface area contributed by atoms with Gasteiger partial charge >= 0.3 is 22.5 Å². The lowest BCUT2D eigenvalue weighted by molar-refractivity contribution is -0.0316. The summed E-state index contributed by atoms with van der Waals surface area (Å²) in [6, 6.07) is -2.54. The second-order valence-corrected chi connectivity index (χ2v) is 7.90. The number of oxime groups is 1. The Bertz CT molecular complexity index is 1000. The fourth-order valence-electron chi connectivity index (χ4n) is 3.61. The molecule has 1 aromatic heterocycles. The number of hydrogen-bond donors (Lipinski definition) is 4. The van der Waals surface area contributed by atoms with Crippen molar-refractivity contribution in [3.05, 3.63) is 17.5 Å². The van der Waals surface area contributed by atoms with Crippen LogP contribution in [0.3, 0.4) is 0 Å². The van der Waals surface area contributed by atoms with Crippen LogP contribution in [0.2, 0.25) is 0 Å². The molecule has 2 bridgehead atoms. The zero-order valence-corrected chi connectivity index (χ0v) is 16.8. The van der Waals surface area contributed by atoms with E-state index in [2.05, 4.69) is 30.5 Å². The molecule has 1 aromatic rings. The molecule has 4 rings (SSSR count). The summed E-state index contributed by atoms with van der Waals surface area (Å²) in [5, 5.41) is 17.0. The van der Waals surface area contributed by atoms with Gasteiger partial charge in [-0.25, -0.2) is 9.59 Å². The average molecular weight is 444 g/mol. The van der Waals surface area contributed by atoms with Crippen molar-refractivity contribution < 1.29 is 31.7 Å². The van der Waals surface area contributed by atoms with E-state index >= 15 is 0 Å². The van der Waals surface area contributed by atoms with E-state index in [1.54, 1.807) is 7.05 Å². The first-order valence-electron chi connectivity index (χ1n) is 8.92. The van der Waals surface area contributed by atoms with E-state index in [-0.39, 0.29) is 18.4 Å². The van der Waals surface area contributed by atoms with Crippen molar-refractivity contribution in [2.45, 2.75) is 18.1 Å². The van der Waals surface area contributed by atoms with E-state index in [0.29, 0.717) is 29.4 Å². The standard InChI is InChI=1S/C14H20N8O7S/c1-15-12(19-28-13(23)18-7-3-16-4-7)11-10-8(5-17-20(10)2)9-6-21(11)14(24)22(9)29-30(25,26)27/h5,7,9,11,16H,3-4,6H2,1-2H3,(H,15,19)(H,18,23)(H,25,26,27)/t9-,11+/m1/s1. The van der Waals surface area contributed by atoms with Gasteiger partial charge in [0.15, 0.2) is 5.84 Å². The van der Waals surface area contributed by atoms with Crippen molar-refractivity contribution in [2.24, 2.45) is 12.2 Å². The van der Waals surface area contributed by atoms with Crippen molar-refractivity contribution in [2.75, 3.05) is 26.7 Å². The predicted molar refractivity (Wildman–Crippen MR) is 98.0 cm³/mol. The molecule has 2 saturated heterocycles. The minimum atomic E-state index is -4.93. The van der Waals surface area contributed by atoms with Crippen LogP contribution in [0.25, 0.3) is 0 Å². The van der Waals surface area contributed by atoms with Crippen LogP contribution in [0.5, 0.6) is 0 Å². The van der Waals surface area contributed by atoms with Crippen LogP contribution in [-0.4, -0.2) is 83.4 Å². The Hall–Kier alpha value is -2.95. The lowest BCUT2D eigenvalue weighted by Crippen LogP contribution is -2.56. The van der Waals surface area contributed by atoms with Gasteiger partial charge in [0.25, 0.3) is 0 Å². The highest BCUT2D eigenvalue weighted by molar-refractivity contribution is 7.80. The molecule has 0 aliphatic carbocycles. The van der Waals surface area contributed by atoms with Gasteiger partial charge in [0.1, 0.15) is 12.1 Å². The molecule has 0 unspecified atom stereocenters. The molecule has 0 aromatic carbocycles. The molecule has 30 heavy (non-hydrogen) atoms. The topological polar surface area (TPSA) is 180 Å². The lowest BCUT2D eigenvalue weighted by Gasteiger charge is -2.31. The minimum absolute atomic E-state index is 0.0400. The van der Waals surface area contributed by atoms with Crippen molar-refractivity contribution in [1.29, 1.82) is 0 Å². The molecule has 3 aliphatic rings. The largest absolute Gasteiger partial charge is 0.433 e. The zero-order chi connectivity index (χ0) is 21.6. The third-order valence-corrected chi connectivity index (χ3v) is 5.40. The third kappa shape index (κ3) is 3.53. The summed E-state index contributed by atoms with van der Waals surface area (Å²) < 4.78 is 37.4. The first-order valence-corrected chi connectivity index (χ1v) is 10.3. The first-order chi connectivity index (χ1) is 14.2. The Labute approximate surface area is 170 Å². The number of likely N-dealkylation sites (N-methyl/N-ethyl adjacent to an activating group) is 1. The van der Waals surface area contributed by atoms with Crippen LogP contribution in [-0.2, 0) is 26.6 Å². The molecule has 164 valence electrons. The van der Waals surface area contributed by atoms with Crippen LogP contribution < -0.4 is 16.0 Å². The number of hydrogen-bond acceptors (Lipinski definition) is 9. The maximum Gasteiger partial charge on any atom is 0.433 e. The number of carbonyl (C=O) groups is 2. The molecule has 15 nitrogen and oxygen atoms in total. The Morgan fingerprint density at radius 2 is 2.17 bits per heavy atom. The molecule has 3 aliphatic heterocycles. The highest BCUT2D eigenvalue weighted by Crippen LogP contribution is 2.44. The molecular formula is C14H20N8O7S. The van der Waals surface area contributed by atoms with Crippen LogP contribution in [0.15, 0.2) is 11.4 Å². The summed E-state index contributed by atoms with van der Waals surface area (Å²) >= 11 is 0. The Morgan fingerprint density at radius 3 is 2.77 bits per heavy atom. The maximum atomic E-state index is 12.8. The fraction of sp³-hybridized carbons (Fsp3) is 0.571. The molecule has 2 fully saturated rings. The van der Waals surface area contributed by atoms with Crippen molar-refractivity contribution in [3.8, 4) is 0 Å². The number of carbonyl (C=O) groups excluding carboxylic acids is 2. The smallest absolute Gasteiger partial charge is 0.372 e. The van der Waals surface area contributed by atoms with Crippen LogP contribution >= 0.6 is 0 Å². The van der Waals surface area contributed by atoms with E-state index < -0.39 is 34.6 Å². The Morgan fingerprint density at radius 1 is 1.43 bits per heavy atom. The average Bonchev–Trinajstić information content (AvgIpc) is 3.14. The predicted octanol–water partition coefficient (Wildman–Crippen LogP) is -1.78. The van der Waals surface area contributed by atoms with E-state index in [1.165, 1.54) is 22.8 Å². The van der Waals surface area contributed by atoms with Gasteiger partial charge in [-0.15, -0.1) is 4.28 Å².